The van der Waals surface area contributed by atoms with Crippen LogP contribution in [0.5, 0.6) is 0 Å². The molecule has 1 amide bonds. The van der Waals surface area contributed by atoms with E-state index < -0.39 is 0 Å². The summed E-state index contributed by atoms with van der Waals surface area (Å²) in [5.74, 6) is 0.505. The second kappa shape index (κ2) is 7.31. The molecule has 0 unspecified atom stereocenters. The van der Waals surface area contributed by atoms with E-state index in [9.17, 15) is 4.79 Å². The van der Waals surface area contributed by atoms with Gasteiger partial charge in [-0.25, -0.2) is 4.98 Å². The lowest BCUT2D eigenvalue weighted by atomic mass is 10.2. The first-order valence-corrected chi connectivity index (χ1v) is 8.06. The Morgan fingerprint density at radius 3 is 2.89 bits per heavy atom. The van der Waals surface area contributed by atoms with Crippen LogP contribution in [0.15, 0.2) is 40.1 Å². The zero-order chi connectivity index (χ0) is 13.5. The van der Waals surface area contributed by atoms with Gasteiger partial charge in [-0.15, -0.1) is 11.3 Å². The van der Waals surface area contributed by atoms with Crippen LogP contribution in [0.2, 0.25) is 0 Å². The summed E-state index contributed by atoms with van der Waals surface area (Å²) in [6.07, 6.45) is 0.964. The summed E-state index contributed by atoms with van der Waals surface area (Å²) in [5.41, 5.74) is 2.09. The summed E-state index contributed by atoms with van der Waals surface area (Å²) in [4.78, 5) is 16.0. The number of nitrogens with one attached hydrogen (secondary N) is 1. The van der Waals surface area contributed by atoms with Gasteiger partial charge >= 0.3 is 0 Å². The molecule has 100 valence electrons. The third kappa shape index (κ3) is 4.36. The SMILES string of the molecule is CCCNC(=O)CSc1nc(-c2ccccc2)cs1. The normalized spacial score (nSPS) is 10.4. The minimum Gasteiger partial charge on any atom is -0.355 e. The predicted octanol–water partition coefficient (Wildman–Crippen LogP) is 3.43. The molecule has 0 atom stereocenters. The fraction of sp³-hybridized carbons (Fsp3) is 0.286. The summed E-state index contributed by atoms with van der Waals surface area (Å²) < 4.78 is 0.936. The highest BCUT2D eigenvalue weighted by atomic mass is 32.2. The molecule has 1 aromatic carbocycles. The van der Waals surface area contributed by atoms with Crippen LogP contribution in [-0.2, 0) is 4.79 Å². The first-order valence-electron chi connectivity index (χ1n) is 6.20. The van der Waals surface area contributed by atoms with Crippen molar-refractivity contribution in [3.05, 3.63) is 35.7 Å². The van der Waals surface area contributed by atoms with Crippen LogP contribution in [-0.4, -0.2) is 23.2 Å². The van der Waals surface area contributed by atoms with E-state index in [0.717, 1.165) is 28.6 Å². The highest BCUT2D eigenvalue weighted by molar-refractivity contribution is 8.01. The van der Waals surface area contributed by atoms with Crippen LogP contribution < -0.4 is 5.32 Å². The second-order valence-corrected chi connectivity index (χ2v) is 6.08. The predicted molar refractivity (Wildman–Crippen MR) is 81.6 cm³/mol. The van der Waals surface area contributed by atoms with E-state index in [2.05, 4.69) is 10.3 Å². The van der Waals surface area contributed by atoms with E-state index in [-0.39, 0.29) is 5.91 Å². The van der Waals surface area contributed by atoms with Gasteiger partial charge in [0.05, 0.1) is 11.4 Å². The third-order valence-corrected chi connectivity index (χ3v) is 4.47. The average molecular weight is 292 g/mol. The van der Waals surface area contributed by atoms with Crippen molar-refractivity contribution in [1.29, 1.82) is 0 Å². The molecule has 3 nitrogen and oxygen atoms in total. The molecule has 0 aliphatic rings. The monoisotopic (exact) mass is 292 g/mol. The van der Waals surface area contributed by atoms with Crippen molar-refractivity contribution in [1.82, 2.24) is 10.3 Å². The van der Waals surface area contributed by atoms with Gasteiger partial charge in [0.1, 0.15) is 0 Å². The molecule has 0 spiro atoms. The fourth-order valence-electron chi connectivity index (χ4n) is 1.51. The summed E-state index contributed by atoms with van der Waals surface area (Å²) >= 11 is 3.07. The van der Waals surface area contributed by atoms with Crippen LogP contribution in [0, 0.1) is 0 Å². The Bertz CT molecular complexity index is 525. The number of carbonyl (C=O) groups is 1. The van der Waals surface area contributed by atoms with Crippen molar-refractivity contribution in [2.45, 2.75) is 17.7 Å². The topological polar surface area (TPSA) is 42.0 Å². The number of hydrogen-bond donors (Lipinski definition) is 1. The zero-order valence-corrected chi connectivity index (χ0v) is 12.4. The van der Waals surface area contributed by atoms with Gasteiger partial charge in [-0.3, -0.25) is 4.79 Å². The van der Waals surface area contributed by atoms with Gasteiger partial charge in [0.2, 0.25) is 5.91 Å². The van der Waals surface area contributed by atoms with Gasteiger partial charge in [-0.05, 0) is 6.42 Å². The van der Waals surface area contributed by atoms with E-state index in [1.54, 1.807) is 11.3 Å². The Kier molecular flexibility index (Phi) is 5.42. The Balaban J connectivity index is 1.90. The van der Waals surface area contributed by atoms with Crippen LogP contribution in [0.25, 0.3) is 11.3 Å². The van der Waals surface area contributed by atoms with E-state index in [0.29, 0.717) is 5.75 Å². The molecule has 0 bridgehead atoms. The molecule has 0 radical (unpaired) electrons. The largest absolute Gasteiger partial charge is 0.355 e. The number of thiazole rings is 1. The molecular weight excluding hydrogens is 276 g/mol. The number of amides is 1. The maximum absolute atomic E-state index is 11.5. The second-order valence-electron chi connectivity index (χ2n) is 4.00. The molecule has 1 N–H and O–H groups in total. The molecule has 5 heteroatoms. The lowest BCUT2D eigenvalue weighted by molar-refractivity contribution is -0.118. The quantitative estimate of drug-likeness (QED) is 0.829. The lowest BCUT2D eigenvalue weighted by Crippen LogP contribution is -2.25. The van der Waals surface area contributed by atoms with Crippen molar-refractivity contribution >= 4 is 29.0 Å². The van der Waals surface area contributed by atoms with E-state index >= 15 is 0 Å². The number of hydrogen-bond acceptors (Lipinski definition) is 4. The summed E-state index contributed by atoms with van der Waals surface area (Å²) in [7, 11) is 0. The first-order chi connectivity index (χ1) is 9.29. The smallest absolute Gasteiger partial charge is 0.230 e. The first kappa shape index (κ1) is 14.1. The maximum atomic E-state index is 11.5. The Morgan fingerprint density at radius 2 is 2.16 bits per heavy atom. The number of nitrogens with zero attached hydrogens (tertiary/aromatic N) is 1. The number of benzene rings is 1. The molecule has 0 saturated heterocycles. The minimum absolute atomic E-state index is 0.0725. The van der Waals surface area contributed by atoms with Gasteiger partial charge in [-0.1, -0.05) is 49.0 Å². The molecule has 0 aliphatic heterocycles. The van der Waals surface area contributed by atoms with Gasteiger partial charge in [-0.2, -0.15) is 0 Å². The highest BCUT2D eigenvalue weighted by Crippen LogP contribution is 2.27. The standard InChI is InChI=1S/C14H16N2OS2/c1-2-8-15-13(17)10-19-14-16-12(9-18-14)11-6-4-3-5-7-11/h3-7,9H,2,8,10H2,1H3,(H,15,17). The number of aromatic nitrogens is 1. The fourth-order valence-corrected chi connectivity index (χ4v) is 3.17. The van der Waals surface area contributed by atoms with Crippen LogP contribution in [0.3, 0.4) is 0 Å². The Morgan fingerprint density at radius 1 is 1.37 bits per heavy atom. The molecule has 19 heavy (non-hydrogen) atoms. The number of rotatable bonds is 6. The van der Waals surface area contributed by atoms with Gasteiger partial charge in [0.15, 0.2) is 4.34 Å². The Labute approximate surface area is 121 Å². The van der Waals surface area contributed by atoms with Crippen LogP contribution in [0.1, 0.15) is 13.3 Å². The van der Waals surface area contributed by atoms with Gasteiger partial charge in [0.25, 0.3) is 0 Å². The van der Waals surface area contributed by atoms with Crippen molar-refractivity contribution in [2.75, 3.05) is 12.3 Å². The third-order valence-electron chi connectivity index (χ3n) is 2.45. The summed E-state index contributed by atoms with van der Waals surface area (Å²) in [6.45, 7) is 2.78. The van der Waals surface area contributed by atoms with E-state index in [1.807, 2.05) is 42.6 Å². The van der Waals surface area contributed by atoms with Gasteiger partial charge < -0.3 is 5.32 Å². The van der Waals surface area contributed by atoms with Crippen molar-refractivity contribution in [3.8, 4) is 11.3 Å². The Hall–Kier alpha value is -1.33. The molecule has 0 saturated carbocycles. The lowest BCUT2D eigenvalue weighted by Gasteiger charge is -2.01. The van der Waals surface area contributed by atoms with E-state index in [1.165, 1.54) is 11.8 Å². The summed E-state index contributed by atoms with van der Waals surface area (Å²) in [6, 6.07) is 10.1. The van der Waals surface area contributed by atoms with Crippen LogP contribution >= 0.6 is 23.1 Å². The van der Waals surface area contributed by atoms with Gasteiger partial charge in [0, 0.05) is 17.5 Å². The van der Waals surface area contributed by atoms with Crippen molar-refractivity contribution in [3.63, 3.8) is 0 Å². The highest BCUT2D eigenvalue weighted by Gasteiger charge is 2.07. The van der Waals surface area contributed by atoms with E-state index in [4.69, 9.17) is 0 Å². The molecular formula is C14H16N2OS2. The minimum atomic E-state index is 0.0725. The van der Waals surface area contributed by atoms with Crippen LogP contribution in [0.4, 0.5) is 0 Å². The maximum Gasteiger partial charge on any atom is 0.230 e. The summed E-state index contributed by atoms with van der Waals surface area (Å²) in [5, 5.41) is 4.89. The zero-order valence-electron chi connectivity index (χ0n) is 10.8. The molecule has 0 fully saturated rings. The number of thioether (sulfide) groups is 1. The van der Waals surface area contributed by atoms with Crippen molar-refractivity contribution < 1.29 is 4.79 Å². The molecule has 2 rings (SSSR count). The number of carbonyl (C=O) groups excluding carboxylic acids is 1. The average Bonchev–Trinajstić information content (AvgIpc) is 2.93. The molecule has 1 aromatic heterocycles. The molecule has 2 aromatic rings. The molecule has 0 aliphatic carbocycles. The molecule has 1 heterocycles. The van der Waals surface area contributed by atoms with Crippen molar-refractivity contribution in [2.24, 2.45) is 0 Å².